The van der Waals surface area contributed by atoms with Crippen molar-refractivity contribution in [3.8, 4) is 23.0 Å². The number of hydrogen-bond donors (Lipinski definition) is 2. The molecule has 2 fully saturated rings. The number of anilines is 2. The number of amides is 2. The summed E-state index contributed by atoms with van der Waals surface area (Å²) in [4.78, 5) is 33.4. The number of nitrogens with one attached hydrogen (secondary N) is 2. The third kappa shape index (κ3) is 6.11. The van der Waals surface area contributed by atoms with Crippen molar-refractivity contribution in [2.45, 2.75) is 19.4 Å². The van der Waals surface area contributed by atoms with Crippen molar-refractivity contribution in [2.75, 3.05) is 51.2 Å². The number of fused-ring (bicyclic) bond motifs is 1. The number of carbonyl (C=O) groups excluding carboxylic acids is 2. The molecule has 43 heavy (non-hydrogen) atoms. The fourth-order valence-corrected chi connectivity index (χ4v) is 5.22. The van der Waals surface area contributed by atoms with Crippen LogP contribution in [0, 0.1) is 5.41 Å². The highest BCUT2D eigenvalue weighted by Gasteiger charge is 2.56. The van der Waals surface area contributed by atoms with Crippen molar-refractivity contribution in [3.05, 3.63) is 78.5 Å². The normalized spacial score (nSPS) is 15.9. The van der Waals surface area contributed by atoms with Crippen molar-refractivity contribution in [2.24, 2.45) is 5.41 Å². The van der Waals surface area contributed by atoms with Crippen LogP contribution in [-0.2, 0) is 20.9 Å². The van der Waals surface area contributed by atoms with Crippen LogP contribution in [0.2, 0.25) is 0 Å². The zero-order valence-corrected chi connectivity index (χ0v) is 24.2. The predicted octanol–water partition coefficient (Wildman–Crippen LogP) is 5.23. The second-order valence-corrected chi connectivity index (χ2v) is 10.7. The van der Waals surface area contributed by atoms with Crippen LogP contribution in [0.15, 0.2) is 72.9 Å². The first-order chi connectivity index (χ1) is 21.0. The Balaban J connectivity index is 1.11. The van der Waals surface area contributed by atoms with Crippen molar-refractivity contribution in [3.63, 3.8) is 0 Å². The van der Waals surface area contributed by atoms with Crippen LogP contribution in [0.25, 0.3) is 10.9 Å². The monoisotopic (exact) mass is 582 g/mol. The molecule has 1 saturated carbocycles. The van der Waals surface area contributed by atoms with Crippen molar-refractivity contribution >= 4 is 34.1 Å². The Kier molecular flexibility index (Phi) is 8.13. The van der Waals surface area contributed by atoms with E-state index in [9.17, 15) is 9.59 Å². The quantitative estimate of drug-likeness (QED) is 0.245. The Morgan fingerprint density at radius 1 is 0.884 bits per heavy atom. The number of aromatic nitrogens is 1. The summed E-state index contributed by atoms with van der Waals surface area (Å²) >= 11 is 0. The van der Waals surface area contributed by atoms with E-state index in [2.05, 4.69) is 20.5 Å². The second-order valence-electron chi connectivity index (χ2n) is 10.7. The zero-order valence-electron chi connectivity index (χ0n) is 24.2. The number of para-hydroxylation sites is 1. The van der Waals surface area contributed by atoms with E-state index < -0.39 is 5.41 Å². The van der Waals surface area contributed by atoms with E-state index in [-0.39, 0.29) is 11.8 Å². The number of pyridine rings is 1. The molecule has 0 bridgehead atoms. The molecule has 1 aliphatic carbocycles. The molecule has 3 aromatic carbocycles. The fraction of sp³-hybridized carbons (Fsp3) is 0.303. The van der Waals surface area contributed by atoms with Crippen LogP contribution in [0.4, 0.5) is 11.4 Å². The molecule has 2 N–H and O–H groups in total. The Labute approximate surface area is 249 Å². The van der Waals surface area contributed by atoms with Gasteiger partial charge in [-0.05, 0) is 60.9 Å². The molecule has 10 nitrogen and oxygen atoms in total. The number of carbonyl (C=O) groups is 2. The summed E-state index contributed by atoms with van der Waals surface area (Å²) in [5.74, 6) is 1.74. The number of rotatable bonds is 10. The number of morpholine rings is 1. The average Bonchev–Trinajstić information content (AvgIpc) is 3.85. The van der Waals surface area contributed by atoms with Gasteiger partial charge in [-0.1, -0.05) is 18.2 Å². The number of methoxy groups -OCH3 is 2. The van der Waals surface area contributed by atoms with Gasteiger partial charge in [-0.15, -0.1) is 0 Å². The van der Waals surface area contributed by atoms with Crippen LogP contribution in [-0.4, -0.2) is 62.2 Å². The molecule has 0 spiro atoms. The maximum atomic E-state index is 13.4. The van der Waals surface area contributed by atoms with Gasteiger partial charge in [0.2, 0.25) is 11.8 Å². The van der Waals surface area contributed by atoms with Gasteiger partial charge in [0.15, 0.2) is 11.5 Å². The summed E-state index contributed by atoms with van der Waals surface area (Å²) in [6, 6.07) is 20.2. The van der Waals surface area contributed by atoms with E-state index in [0.717, 1.165) is 29.7 Å². The highest BCUT2D eigenvalue weighted by atomic mass is 16.5. The maximum absolute atomic E-state index is 13.4. The topological polar surface area (TPSA) is 111 Å². The standard InChI is InChI=1S/C33H34N4O6/c1-40-29-19-25-27(20-30(29)41-2)34-14-11-28(25)43-24-9-7-23(8-10-24)35-31(38)33(12-13-33)32(39)36-26-6-4-3-5-22(26)21-37-15-17-42-18-16-37/h3-11,14,19-20H,12-13,15-18,21H2,1-2H3,(H,35,38)(H,36,39). The number of benzene rings is 3. The number of nitrogens with zero attached hydrogens (tertiary/aromatic N) is 2. The summed E-state index contributed by atoms with van der Waals surface area (Å²) in [5.41, 5.74) is 1.95. The molecule has 6 rings (SSSR count). The first-order valence-electron chi connectivity index (χ1n) is 14.3. The lowest BCUT2D eigenvalue weighted by Gasteiger charge is -2.27. The van der Waals surface area contributed by atoms with E-state index in [1.165, 1.54) is 0 Å². The second kappa shape index (κ2) is 12.3. The SMILES string of the molecule is COc1cc2nccc(Oc3ccc(NC(=O)C4(C(=O)Nc5ccccc5CN5CCOCC5)CC4)cc3)c2cc1OC. The van der Waals surface area contributed by atoms with Gasteiger partial charge in [0.05, 0.1) is 33.0 Å². The fourth-order valence-electron chi connectivity index (χ4n) is 5.22. The van der Waals surface area contributed by atoms with E-state index in [0.29, 0.717) is 66.8 Å². The van der Waals surface area contributed by atoms with Gasteiger partial charge in [-0.3, -0.25) is 19.5 Å². The minimum atomic E-state index is -1.09. The van der Waals surface area contributed by atoms with Gasteiger partial charge in [0, 0.05) is 48.7 Å². The molecule has 1 aliphatic heterocycles. The third-order valence-corrected chi connectivity index (χ3v) is 7.93. The average molecular weight is 583 g/mol. The van der Waals surface area contributed by atoms with Gasteiger partial charge in [0.25, 0.3) is 0 Å². The molecule has 1 saturated heterocycles. The van der Waals surface area contributed by atoms with Crippen LogP contribution in [0.3, 0.4) is 0 Å². The largest absolute Gasteiger partial charge is 0.493 e. The minimum Gasteiger partial charge on any atom is -0.493 e. The highest BCUT2D eigenvalue weighted by molar-refractivity contribution is 6.17. The molecule has 1 aromatic heterocycles. The Morgan fingerprint density at radius 2 is 1.58 bits per heavy atom. The Hall–Kier alpha value is -4.67. The van der Waals surface area contributed by atoms with Gasteiger partial charge in [-0.25, -0.2) is 0 Å². The smallest absolute Gasteiger partial charge is 0.240 e. The predicted molar refractivity (Wildman–Crippen MR) is 163 cm³/mol. The first kappa shape index (κ1) is 28.4. The highest BCUT2D eigenvalue weighted by Crippen LogP contribution is 2.48. The van der Waals surface area contributed by atoms with Gasteiger partial charge in [0.1, 0.15) is 16.9 Å². The molecular weight excluding hydrogens is 548 g/mol. The summed E-state index contributed by atoms with van der Waals surface area (Å²) in [6.45, 7) is 3.82. The van der Waals surface area contributed by atoms with Crippen molar-refractivity contribution in [1.29, 1.82) is 0 Å². The van der Waals surface area contributed by atoms with Crippen LogP contribution in [0.5, 0.6) is 23.0 Å². The van der Waals surface area contributed by atoms with Crippen molar-refractivity contribution in [1.82, 2.24) is 9.88 Å². The summed E-state index contributed by atoms with van der Waals surface area (Å²) in [7, 11) is 3.16. The lowest BCUT2D eigenvalue weighted by atomic mass is 10.0. The van der Waals surface area contributed by atoms with Crippen LogP contribution in [0.1, 0.15) is 18.4 Å². The summed E-state index contributed by atoms with van der Waals surface area (Å²) < 4.78 is 22.4. The minimum absolute atomic E-state index is 0.281. The third-order valence-electron chi connectivity index (χ3n) is 7.93. The molecule has 2 aliphatic rings. The number of ether oxygens (including phenoxy) is 4. The molecule has 0 atom stereocenters. The van der Waals surface area contributed by atoms with Crippen molar-refractivity contribution < 1.29 is 28.5 Å². The Morgan fingerprint density at radius 3 is 2.30 bits per heavy atom. The first-order valence-corrected chi connectivity index (χ1v) is 14.3. The molecule has 222 valence electrons. The van der Waals surface area contributed by atoms with Gasteiger partial charge < -0.3 is 29.6 Å². The molecule has 0 unspecified atom stereocenters. The molecular formula is C33H34N4O6. The van der Waals surface area contributed by atoms with E-state index in [1.807, 2.05) is 30.3 Å². The van der Waals surface area contributed by atoms with E-state index in [4.69, 9.17) is 18.9 Å². The molecule has 2 amide bonds. The lowest BCUT2D eigenvalue weighted by Crippen LogP contribution is -2.37. The Bertz CT molecular complexity index is 1630. The van der Waals surface area contributed by atoms with Crippen LogP contribution < -0.4 is 24.8 Å². The van der Waals surface area contributed by atoms with E-state index in [1.54, 1.807) is 56.8 Å². The van der Waals surface area contributed by atoms with Crippen LogP contribution >= 0.6 is 0 Å². The summed E-state index contributed by atoms with van der Waals surface area (Å²) in [6.07, 6.45) is 2.67. The molecule has 10 heteroatoms. The molecule has 0 radical (unpaired) electrons. The maximum Gasteiger partial charge on any atom is 0.240 e. The zero-order chi connectivity index (χ0) is 29.8. The van der Waals surface area contributed by atoms with Gasteiger partial charge >= 0.3 is 0 Å². The lowest BCUT2D eigenvalue weighted by molar-refractivity contribution is -0.131. The van der Waals surface area contributed by atoms with Gasteiger partial charge in [-0.2, -0.15) is 0 Å². The van der Waals surface area contributed by atoms with E-state index >= 15 is 0 Å². The number of hydrogen-bond acceptors (Lipinski definition) is 8. The molecule has 4 aromatic rings. The molecule has 2 heterocycles. The summed E-state index contributed by atoms with van der Waals surface area (Å²) in [5, 5.41) is 6.73.